The van der Waals surface area contributed by atoms with Crippen molar-refractivity contribution in [3.63, 3.8) is 0 Å². The van der Waals surface area contributed by atoms with E-state index in [0.717, 1.165) is 49.1 Å². The Morgan fingerprint density at radius 2 is 2.12 bits per heavy atom. The smallest absolute Gasteiger partial charge is 0.257 e. The molecule has 1 fully saturated rings. The van der Waals surface area contributed by atoms with Crippen molar-refractivity contribution >= 4 is 17.5 Å². The molecule has 2 aromatic rings. The maximum absolute atomic E-state index is 13.0. The highest BCUT2D eigenvalue weighted by Crippen LogP contribution is 2.29. The number of H-pyrrole nitrogens is 1. The lowest BCUT2D eigenvalue weighted by molar-refractivity contribution is 0.0705. The molecule has 0 aromatic carbocycles. The Bertz CT molecular complexity index is 924. The average Bonchev–Trinajstić information content (AvgIpc) is 3.07. The molecule has 0 unspecified atom stereocenters. The minimum absolute atomic E-state index is 0.0647. The number of likely N-dealkylation sites (tertiary alicyclic amines) is 1. The molecule has 7 heteroatoms. The molecule has 1 saturated heterocycles. The zero-order valence-electron chi connectivity index (χ0n) is 14.7. The van der Waals surface area contributed by atoms with Gasteiger partial charge in [-0.1, -0.05) is 11.6 Å². The lowest BCUT2D eigenvalue weighted by Gasteiger charge is -2.32. The summed E-state index contributed by atoms with van der Waals surface area (Å²) in [6.45, 7) is 3.00. The molecule has 2 aliphatic rings. The predicted molar refractivity (Wildman–Crippen MR) is 98.7 cm³/mol. The summed E-state index contributed by atoms with van der Waals surface area (Å²) in [5.41, 5.74) is 3.25. The van der Waals surface area contributed by atoms with Crippen LogP contribution in [0.25, 0.3) is 0 Å². The number of rotatable bonds is 2. The van der Waals surface area contributed by atoms with Crippen molar-refractivity contribution in [3.8, 4) is 0 Å². The minimum atomic E-state index is -0.151. The van der Waals surface area contributed by atoms with Gasteiger partial charge in [0.25, 0.3) is 11.5 Å². The highest BCUT2D eigenvalue weighted by Gasteiger charge is 2.29. The molecule has 0 saturated carbocycles. The summed E-state index contributed by atoms with van der Waals surface area (Å²) in [4.78, 5) is 38.2. The van der Waals surface area contributed by atoms with E-state index in [-0.39, 0.29) is 17.4 Å². The number of fused-ring (bicyclic) bond motifs is 1. The third-order valence-corrected chi connectivity index (χ3v) is 5.53. The average molecular weight is 373 g/mol. The Hall–Kier alpha value is -2.21. The van der Waals surface area contributed by atoms with Crippen LogP contribution in [0.1, 0.15) is 58.3 Å². The van der Waals surface area contributed by atoms with E-state index in [2.05, 4.69) is 15.0 Å². The van der Waals surface area contributed by atoms with Crippen molar-refractivity contribution in [1.82, 2.24) is 19.9 Å². The lowest BCUT2D eigenvalue weighted by atomic mass is 9.94. The molecule has 1 atom stereocenters. The Labute approximate surface area is 156 Å². The summed E-state index contributed by atoms with van der Waals surface area (Å²) in [5.74, 6) is 0.583. The van der Waals surface area contributed by atoms with Gasteiger partial charge in [-0.3, -0.25) is 9.59 Å². The van der Waals surface area contributed by atoms with Crippen LogP contribution < -0.4 is 5.56 Å². The number of aromatic amines is 1. The largest absolute Gasteiger partial charge is 0.338 e. The molecule has 3 heterocycles. The third kappa shape index (κ3) is 3.26. The Balaban J connectivity index is 1.58. The van der Waals surface area contributed by atoms with E-state index in [1.807, 2.05) is 11.0 Å². The standard InChI is InChI=1S/C19H21ClN4O2/c1-11-21-16(9-17(25)22-11)13-5-3-7-24(10-13)19(26)14-8-12-4-2-6-15(12)23-18(14)20/h8-9,13H,2-7,10H2,1H3,(H,21,22,25)/t13-/m1/s1. The number of halogens is 1. The number of hydrogen-bond donors (Lipinski definition) is 1. The second-order valence-corrected chi connectivity index (χ2v) is 7.49. The molecule has 1 aliphatic carbocycles. The highest BCUT2D eigenvalue weighted by molar-refractivity contribution is 6.32. The van der Waals surface area contributed by atoms with Gasteiger partial charge in [0.2, 0.25) is 0 Å². The Morgan fingerprint density at radius 1 is 1.27 bits per heavy atom. The van der Waals surface area contributed by atoms with Crippen LogP contribution in [0.5, 0.6) is 0 Å². The molecule has 2 aromatic heterocycles. The van der Waals surface area contributed by atoms with E-state index in [1.165, 1.54) is 6.07 Å². The van der Waals surface area contributed by atoms with E-state index < -0.39 is 0 Å². The van der Waals surface area contributed by atoms with Crippen molar-refractivity contribution < 1.29 is 4.79 Å². The fraction of sp³-hybridized carbons (Fsp3) is 0.474. The SMILES string of the molecule is Cc1nc([C@@H]2CCCN(C(=O)c3cc4c(nc3Cl)CCC4)C2)cc(=O)[nH]1. The summed E-state index contributed by atoms with van der Waals surface area (Å²) in [6, 6.07) is 3.45. The van der Waals surface area contributed by atoms with Crippen molar-refractivity contribution in [2.24, 2.45) is 0 Å². The number of carbonyl (C=O) groups excluding carboxylic acids is 1. The van der Waals surface area contributed by atoms with Gasteiger partial charge in [0.15, 0.2) is 0 Å². The van der Waals surface area contributed by atoms with Crippen LogP contribution in [0.3, 0.4) is 0 Å². The van der Waals surface area contributed by atoms with Gasteiger partial charge in [-0.05, 0) is 50.7 Å². The number of hydrogen-bond acceptors (Lipinski definition) is 4. The molecule has 0 spiro atoms. The molecular formula is C19H21ClN4O2. The second-order valence-electron chi connectivity index (χ2n) is 7.13. The van der Waals surface area contributed by atoms with E-state index in [1.54, 1.807) is 6.92 Å². The summed E-state index contributed by atoms with van der Waals surface area (Å²) in [5, 5.41) is 0.294. The molecule has 1 aliphatic heterocycles. The maximum Gasteiger partial charge on any atom is 0.257 e. The van der Waals surface area contributed by atoms with Gasteiger partial charge in [0.05, 0.1) is 11.3 Å². The number of piperidine rings is 1. The van der Waals surface area contributed by atoms with Crippen LogP contribution in [-0.2, 0) is 12.8 Å². The number of pyridine rings is 1. The van der Waals surface area contributed by atoms with Gasteiger partial charge < -0.3 is 9.88 Å². The van der Waals surface area contributed by atoms with Crippen LogP contribution in [-0.4, -0.2) is 38.8 Å². The van der Waals surface area contributed by atoms with Crippen molar-refractivity contribution in [2.45, 2.75) is 44.9 Å². The van der Waals surface area contributed by atoms with Gasteiger partial charge in [0, 0.05) is 30.8 Å². The summed E-state index contributed by atoms with van der Waals surface area (Å²) in [6.07, 6.45) is 4.74. The number of nitrogens with zero attached hydrogens (tertiary/aromatic N) is 3. The first-order valence-corrected chi connectivity index (χ1v) is 9.44. The van der Waals surface area contributed by atoms with Crippen molar-refractivity contribution in [2.75, 3.05) is 13.1 Å². The van der Waals surface area contributed by atoms with E-state index in [4.69, 9.17) is 11.6 Å². The van der Waals surface area contributed by atoms with E-state index in [0.29, 0.717) is 29.6 Å². The van der Waals surface area contributed by atoms with E-state index >= 15 is 0 Å². The fourth-order valence-corrected chi connectivity index (χ4v) is 4.22. The normalized spacial score (nSPS) is 19.5. The predicted octanol–water partition coefficient (Wildman–Crippen LogP) is 2.64. The van der Waals surface area contributed by atoms with Crippen LogP contribution in [0, 0.1) is 6.92 Å². The fourth-order valence-electron chi connectivity index (χ4n) is 3.98. The summed E-state index contributed by atoms with van der Waals surface area (Å²) < 4.78 is 0. The maximum atomic E-state index is 13.0. The molecule has 4 rings (SSSR count). The lowest BCUT2D eigenvalue weighted by Crippen LogP contribution is -2.39. The zero-order chi connectivity index (χ0) is 18.3. The van der Waals surface area contributed by atoms with Crippen molar-refractivity contribution in [1.29, 1.82) is 0 Å². The van der Waals surface area contributed by atoms with Crippen LogP contribution in [0.4, 0.5) is 0 Å². The van der Waals surface area contributed by atoms with Gasteiger partial charge in [-0.15, -0.1) is 0 Å². The third-order valence-electron chi connectivity index (χ3n) is 5.24. The molecule has 136 valence electrons. The molecule has 1 amide bonds. The first-order chi connectivity index (χ1) is 12.5. The molecular weight excluding hydrogens is 352 g/mol. The van der Waals surface area contributed by atoms with Crippen LogP contribution in [0.2, 0.25) is 5.15 Å². The van der Waals surface area contributed by atoms with Gasteiger partial charge in [-0.25, -0.2) is 9.97 Å². The Morgan fingerprint density at radius 3 is 2.92 bits per heavy atom. The molecule has 0 bridgehead atoms. The molecule has 26 heavy (non-hydrogen) atoms. The van der Waals surface area contributed by atoms with Gasteiger partial charge in [-0.2, -0.15) is 0 Å². The number of carbonyl (C=O) groups is 1. The number of amides is 1. The van der Waals surface area contributed by atoms with E-state index in [9.17, 15) is 9.59 Å². The van der Waals surface area contributed by atoms with Crippen LogP contribution in [0.15, 0.2) is 16.9 Å². The molecule has 6 nitrogen and oxygen atoms in total. The second kappa shape index (κ2) is 6.83. The quantitative estimate of drug-likeness (QED) is 0.822. The summed E-state index contributed by atoms with van der Waals surface area (Å²) in [7, 11) is 0. The Kier molecular flexibility index (Phi) is 4.53. The summed E-state index contributed by atoms with van der Waals surface area (Å²) >= 11 is 6.30. The van der Waals surface area contributed by atoms with Gasteiger partial charge in [0.1, 0.15) is 11.0 Å². The zero-order valence-corrected chi connectivity index (χ0v) is 15.5. The molecule has 1 N–H and O–H groups in total. The van der Waals surface area contributed by atoms with Crippen molar-refractivity contribution in [3.05, 3.63) is 56.0 Å². The molecule has 0 radical (unpaired) electrons. The van der Waals surface area contributed by atoms with Gasteiger partial charge >= 0.3 is 0 Å². The highest BCUT2D eigenvalue weighted by atomic mass is 35.5. The van der Waals surface area contributed by atoms with Crippen LogP contribution >= 0.6 is 11.6 Å². The number of nitrogens with one attached hydrogen (secondary N) is 1. The first kappa shape index (κ1) is 17.2. The number of aromatic nitrogens is 3. The topological polar surface area (TPSA) is 79.0 Å². The first-order valence-electron chi connectivity index (χ1n) is 9.06. The minimum Gasteiger partial charge on any atom is -0.338 e. The monoisotopic (exact) mass is 372 g/mol. The number of aryl methyl sites for hydroxylation is 3.